The molecule has 12 heteroatoms. The van der Waals surface area contributed by atoms with E-state index in [0.717, 1.165) is 16.0 Å². The maximum absolute atomic E-state index is 13.8. The number of methoxy groups -OCH3 is 1. The third-order valence-corrected chi connectivity index (χ3v) is 8.71. The number of nitrogens with two attached hydrogens (primary N) is 1. The number of aryl methyl sites for hydroxylation is 1. The number of carbonyl (C=O) groups excluding carboxylic acids is 4. The van der Waals surface area contributed by atoms with E-state index in [1.165, 1.54) is 4.90 Å². The number of hydrogen-bond donors (Lipinski definition) is 2. The Hall–Kier alpha value is -5.00. The van der Waals surface area contributed by atoms with Crippen molar-refractivity contribution in [1.82, 2.24) is 25.1 Å². The standard InChI is InChI=1S/C33H35N6O6/c1-20-14-24-25(16-27(20)44-2)35-28(21-10-6-5-7-11-21)36-30(24)45-23-15-26-29(41)37-33(19-40)17-22(33)12-8-3-4-9-13-38(31(34)42)32(43)39(26)18-23/h5-8,10-12,14,16,22-23,26H,3-4,9,13,15,17-18H2,1-2H3,(H2,34,42)(H,37,41)/b12-8+. The second-order valence-electron chi connectivity index (χ2n) is 11.8. The molecule has 45 heavy (non-hydrogen) atoms. The molecule has 1 saturated heterocycles. The molecule has 3 N–H and O–H groups in total. The number of urea groups is 2. The summed E-state index contributed by atoms with van der Waals surface area (Å²) in [6.45, 7) is 2.01. The Kier molecular flexibility index (Phi) is 8.13. The van der Waals surface area contributed by atoms with Crippen LogP contribution in [0.4, 0.5) is 9.59 Å². The number of hydrogen-bond acceptors (Lipinski definition) is 8. The van der Waals surface area contributed by atoms with Gasteiger partial charge in [-0.05, 0) is 44.2 Å². The zero-order chi connectivity index (χ0) is 31.7. The lowest BCUT2D eigenvalue weighted by Gasteiger charge is -2.29. The maximum Gasteiger partial charge on any atom is 0.328 e. The van der Waals surface area contributed by atoms with Crippen LogP contribution in [-0.2, 0) is 9.59 Å². The second-order valence-corrected chi connectivity index (χ2v) is 11.8. The van der Waals surface area contributed by atoms with Crippen molar-refractivity contribution in [2.24, 2.45) is 11.7 Å². The van der Waals surface area contributed by atoms with Gasteiger partial charge in [0.15, 0.2) is 5.82 Å². The van der Waals surface area contributed by atoms with Crippen molar-refractivity contribution < 1.29 is 28.7 Å². The third kappa shape index (κ3) is 5.92. The number of imide groups is 1. The molecule has 0 bridgehead atoms. The Balaban J connectivity index is 1.36. The summed E-state index contributed by atoms with van der Waals surface area (Å²) in [5.74, 6) is 0.695. The molecule has 2 fully saturated rings. The van der Waals surface area contributed by atoms with Gasteiger partial charge in [0.25, 0.3) is 0 Å². The number of primary amides is 1. The van der Waals surface area contributed by atoms with Gasteiger partial charge in [0.2, 0.25) is 18.1 Å². The Morgan fingerprint density at radius 1 is 1.16 bits per heavy atom. The van der Waals surface area contributed by atoms with Gasteiger partial charge in [0.1, 0.15) is 23.4 Å². The van der Waals surface area contributed by atoms with E-state index < -0.39 is 35.7 Å². The molecule has 12 nitrogen and oxygen atoms in total. The van der Waals surface area contributed by atoms with Crippen molar-refractivity contribution in [2.75, 3.05) is 20.2 Å². The summed E-state index contributed by atoms with van der Waals surface area (Å²) < 4.78 is 12.0. The number of rotatable bonds is 5. The number of fused-ring (bicyclic) bond motifs is 3. The Labute approximate surface area is 260 Å². The first-order valence-corrected chi connectivity index (χ1v) is 15.1. The second kappa shape index (κ2) is 12.2. The van der Waals surface area contributed by atoms with Crippen molar-refractivity contribution in [3.8, 4) is 23.0 Å². The number of nitrogens with one attached hydrogen (secondary N) is 1. The number of benzene rings is 2. The summed E-state index contributed by atoms with van der Waals surface area (Å²) in [5.41, 5.74) is 6.72. The van der Waals surface area contributed by atoms with Crippen molar-refractivity contribution >= 4 is 35.2 Å². The van der Waals surface area contributed by atoms with Gasteiger partial charge < -0.3 is 25.4 Å². The highest BCUT2D eigenvalue weighted by atomic mass is 16.5. The molecular weight excluding hydrogens is 576 g/mol. The average Bonchev–Trinajstić information content (AvgIpc) is 3.55. The minimum Gasteiger partial charge on any atom is -0.496 e. The molecule has 4 atom stereocenters. The fourth-order valence-corrected chi connectivity index (χ4v) is 6.12. The first kappa shape index (κ1) is 30.0. The van der Waals surface area contributed by atoms with Crippen LogP contribution in [0.1, 0.15) is 37.7 Å². The monoisotopic (exact) mass is 611 g/mol. The van der Waals surface area contributed by atoms with Gasteiger partial charge in [0.05, 0.1) is 24.6 Å². The van der Waals surface area contributed by atoms with E-state index >= 15 is 0 Å². The molecule has 0 spiro atoms. The van der Waals surface area contributed by atoms with Crippen LogP contribution in [0.15, 0.2) is 54.6 Å². The van der Waals surface area contributed by atoms with Gasteiger partial charge in [-0.15, -0.1) is 0 Å². The smallest absolute Gasteiger partial charge is 0.328 e. The van der Waals surface area contributed by atoms with Crippen LogP contribution >= 0.6 is 0 Å². The molecule has 2 aliphatic heterocycles. The minimum absolute atomic E-state index is 0.0108. The largest absolute Gasteiger partial charge is 0.496 e. The van der Waals surface area contributed by atoms with Crippen molar-refractivity contribution in [3.63, 3.8) is 0 Å². The van der Waals surface area contributed by atoms with Gasteiger partial charge >= 0.3 is 12.1 Å². The molecule has 3 aromatic rings. The van der Waals surface area contributed by atoms with Gasteiger partial charge in [-0.1, -0.05) is 42.5 Å². The maximum atomic E-state index is 13.8. The van der Waals surface area contributed by atoms with Crippen LogP contribution in [0.2, 0.25) is 0 Å². The van der Waals surface area contributed by atoms with Crippen LogP contribution in [0.3, 0.4) is 0 Å². The van der Waals surface area contributed by atoms with E-state index in [1.807, 2.05) is 67.8 Å². The zero-order valence-electron chi connectivity index (χ0n) is 25.2. The third-order valence-electron chi connectivity index (χ3n) is 8.71. The van der Waals surface area contributed by atoms with Crippen molar-refractivity contribution in [2.45, 2.75) is 56.7 Å². The lowest BCUT2D eigenvalue weighted by molar-refractivity contribution is -0.125. The normalized spacial score (nSPS) is 25.9. The van der Waals surface area contributed by atoms with Crippen LogP contribution in [-0.4, -0.2) is 81.9 Å². The summed E-state index contributed by atoms with van der Waals surface area (Å²) in [5, 5.41) is 3.47. The molecule has 1 saturated carbocycles. The van der Waals surface area contributed by atoms with Gasteiger partial charge in [-0.3, -0.25) is 9.59 Å². The molecule has 4 unspecified atom stereocenters. The van der Waals surface area contributed by atoms with Crippen LogP contribution < -0.4 is 20.5 Å². The summed E-state index contributed by atoms with van der Waals surface area (Å²) in [4.78, 5) is 63.7. The first-order valence-electron chi connectivity index (χ1n) is 15.1. The van der Waals surface area contributed by atoms with Gasteiger partial charge in [0, 0.05) is 30.5 Å². The lowest BCUT2D eigenvalue weighted by Crippen LogP contribution is -2.55. The molecule has 2 aromatic carbocycles. The van der Waals surface area contributed by atoms with Crippen molar-refractivity contribution in [3.05, 3.63) is 60.2 Å². The molecule has 5 amide bonds. The van der Waals surface area contributed by atoms with E-state index in [1.54, 1.807) is 7.11 Å². The number of allylic oxidation sites excluding steroid dienone is 1. The number of aromatic nitrogens is 2. The lowest BCUT2D eigenvalue weighted by atomic mass is 10.1. The molecule has 1 radical (unpaired) electrons. The zero-order valence-corrected chi connectivity index (χ0v) is 25.2. The summed E-state index contributed by atoms with van der Waals surface area (Å²) >= 11 is 0. The van der Waals surface area contributed by atoms with Gasteiger partial charge in [-0.25, -0.2) is 19.5 Å². The minimum atomic E-state index is -1.14. The van der Waals surface area contributed by atoms with E-state index in [9.17, 15) is 19.2 Å². The Bertz CT molecular complexity index is 1680. The van der Waals surface area contributed by atoms with Crippen LogP contribution in [0, 0.1) is 12.8 Å². The van der Waals surface area contributed by atoms with Gasteiger partial charge in [-0.2, -0.15) is 4.98 Å². The number of ether oxygens (including phenoxy) is 2. The van der Waals surface area contributed by atoms with E-state index in [4.69, 9.17) is 25.2 Å². The highest BCUT2D eigenvalue weighted by molar-refractivity contribution is 5.97. The SMILES string of the molecule is COc1cc2nc(-c3ccccc3)nc(OC3CC4C(=O)NC5([C]=O)CC5/C=C/CCCCN(C(N)=O)C(=O)N4C3)c2cc1C. The number of carbonyl (C=O) groups is 3. The first-order chi connectivity index (χ1) is 21.7. The van der Waals surface area contributed by atoms with Crippen molar-refractivity contribution in [1.29, 1.82) is 0 Å². The molecule has 1 aromatic heterocycles. The molecule has 233 valence electrons. The number of amides is 5. The summed E-state index contributed by atoms with van der Waals surface area (Å²) in [6, 6.07) is 10.5. The topological polar surface area (TPSA) is 157 Å². The Morgan fingerprint density at radius 2 is 1.96 bits per heavy atom. The molecule has 1 aliphatic carbocycles. The quantitative estimate of drug-likeness (QED) is 0.414. The molecule has 3 aliphatic rings. The predicted octanol–water partition coefficient (Wildman–Crippen LogP) is 3.66. The predicted molar refractivity (Wildman–Crippen MR) is 165 cm³/mol. The molecular formula is C33H35N6O6. The van der Waals surface area contributed by atoms with Crippen LogP contribution in [0.5, 0.6) is 11.6 Å². The van der Waals surface area contributed by atoms with E-state index in [0.29, 0.717) is 48.2 Å². The van der Waals surface area contributed by atoms with Crippen LogP contribution in [0.25, 0.3) is 22.3 Å². The summed E-state index contributed by atoms with van der Waals surface area (Å²) in [6.07, 6.45) is 7.70. The summed E-state index contributed by atoms with van der Waals surface area (Å²) in [7, 11) is 1.59. The Morgan fingerprint density at radius 3 is 2.69 bits per heavy atom. The number of nitrogens with zero attached hydrogens (tertiary/aromatic N) is 4. The van der Waals surface area contributed by atoms with E-state index in [-0.39, 0.29) is 31.3 Å². The average molecular weight is 612 g/mol. The fourth-order valence-electron chi connectivity index (χ4n) is 6.12. The highest BCUT2D eigenvalue weighted by Gasteiger charge is 2.56. The highest BCUT2D eigenvalue weighted by Crippen LogP contribution is 2.43. The fraction of sp³-hybridized carbons (Fsp3) is 0.394. The van der Waals surface area contributed by atoms with E-state index in [2.05, 4.69) is 5.32 Å². The molecule has 3 heterocycles. The molecule has 6 rings (SSSR count).